The van der Waals surface area contributed by atoms with Crippen LogP contribution in [0.25, 0.3) is 0 Å². The van der Waals surface area contributed by atoms with Crippen LogP contribution < -0.4 is 16.0 Å². The van der Waals surface area contributed by atoms with Crippen LogP contribution in [0.2, 0.25) is 0 Å². The lowest BCUT2D eigenvalue weighted by molar-refractivity contribution is 0.0313. The van der Waals surface area contributed by atoms with Gasteiger partial charge in [0.2, 0.25) is 0 Å². The maximum atomic E-state index is 13.8. The molecule has 4 rings (SSSR count). The van der Waals surface area contributed by atoms with Crippen LogP contribution in [-0.2, 0) is 9.47 Å². The Morgan fingerprint density at radius 2 is 1.62 bits per heavy atom. The van der Waals surface area contributed by atoms with Crippen molar-refractivity contribution in [2.24, 2.45) is 10.7 Å². The number of unbranched alkanes of at least 4 members (excludes halogenated alkanes) is 3. The first-order valence-electron chi connectivity index (χ1n) is 16.8. The second kappa shape index (κ2) is 14.3. The van der Waals surface area contributed by atoms with Gasteiger partial charge in [-0.3, -0.25) is 10.2 Å². The number of anilines is 3. The van der Waals surface area contributed by atoms with Crippen molar-refractivity contribution in [1.82, 2.24) is 4.90 Å². The minimum atomic E-state index is -0.735. The normalized spacial score (nSPS) is 17.5. The van der Waals surface area contributed by atoms with Crippen molar-refractivity contribution in [3.05, 3.63) is 71.5 Å². The Kier molecular flexibility index (Phi) is 10.9. The maximum Gasteiger partial charge on any atom is 0.414 e. The van der Waals surface area contributed by atoms with Crippen LogP contribution in [0.1, 0.15) is 93.1 Å². The zero-order valence-corrected chi connectivity index (χ0v) is 29.7. The fourth-order valence-corrected chi connectivity index (χ4v) is 6.04. The summed E-state index contributed by atoms with van der Waals surface area (Å²) in [5, 5.41) is 2.96. The lowest BCUT2D eigenvalue weighted by atomic mass is 9.78. The number of nitrogens with zero attached hydrogens (tertiary/aromatic N) is 3. The summed E-state index contributed by atoms with van der Waals surface area (Å²) in [5.74, 6) is 0. The molecule has 1 unspecified atom stereocenters. The maximum absolute atomic E-state index is 13.8. The van der Waals surface area contributed by atoms with E-state index in [0.29, 0.717) is 25.2 Å². The van der Waals surface area contributed by atoms with Crippen LogP contribution in [0, 0.1) is 6.92 Å². The molecule has 0 saturated heterocycles. The van der Waals surface area contributed by atoms with Crippen LogP contribution in [-0.4, -0.2) is 52.6 Å². The number of benzene rings is 2. The van der Waals surface area contributed by atoms with Crippen molar-refractivity contribution in [2.75, 3.05) is 23.3 Å². The average molecular weight is 644 g/mol. The number of aliphatic imine (C=N–C) groups is 1. The first kappa shape index (κ1) is 35.7. The molecule has 9 nitrogen and oxygen atoms in total. The lowest BCUT2D eigenvalue weighted by Crippen LogP contribution is -2.54. The summed E-state index contributed by atoms with van der Waals surface area (Å²) >= 11 is 0. The zero-order chi connectivity index (χ0) is 34.6. The number of nitrogens with one attached hydrogen (secondary N) is 1. The number of fused-ring (bicyclic) bond motifs is 2. The summed E-state index contributed by atoms with van der Waals surface area (Å²) in [6.45, 7) is 18.5. The molecule has 0 fully saturated rings. The van der Waals surface area contributed by atoms with Gasteiger partial charge < -0.3 is 20.1 Å². The molecule has 9 heteroatoms. The van der Waals surface area contributed by atoms with Crippen molar-refractivity contribution in [3.8, 4) is 0 Å². The van der Waals surface area contributed by atoms with Crippen molar-refractivity contribution in [3.63, 3.8) is 0 Å². The third kappa shape index (κ3) is 8.44. The number of nitrogens with two attached hydrogens (primary N) is 1. The number of hydrogen-bond donors (Lipinski definition) is 2. The number of hydrogen-bond acceptors (Lipinski definition) is 7. The van der Waals surface area contributed by atoms with Crippen LogP contribution in [0.5, 0.6) is 0 Å². The van der Waals surface area contributed by atoms with Crippen molar-refractivity contribution < 1.29 is 19.1 Å². The number of amides is 2. The largest absolute Gasteiger partial charge is 0.444 e. The molecule has 0 bridgehead atoms. The molecule has 2 amide bonds. The summed E-state index contributed by atoms with van der Waals surface area (Å²) in [6, 6.07) is 14.1. The first-order valence-corrected chi connectivity index (χ1v) is 16.8. The highest BCUT2D eigenvalue weighted by atomic mass is 16.6. The fourth-order valence-electron chi connectivity index (χ4n) is 6.04. The van der Waals surface area contributed by atoms with E-state index in [1.54, 1.807) is 4.90 Å². The average Bonchev–Trinajstić information content (AvgIpc) is 2.97. The second-order valence-electron chi connectivity index (χ2n) is 14.4. The third-order valence-corrected chi connectivity index (χ3v) is 8.21. The van der Waals surface area contributed by atoms with Crippen molar-refractivity contribution in [2.45, 2.75) is 111 Å². The molecule has 254 valence electrons. The van der Waals surface area contributed by atoms with E-state index < -0.39 is 22.8 Å². The molecule has 2 aliphatic rings. The molecular weight excluding hydrogens is 590 g/mol. The smallest absolute Gasteiger partial charge is 0.414 e. The fraction of sp³-hybridized carbons (Fsp3) is 0.500. The molecule has 0 radical (unpaired) electrons. The highest BCUT2D eigenvalue weighted by Crippen LogP contribution is 2.50. The number of rotatable bonds is 10. The van der Waals surface area contributed by atoms with Gasteiger partial charge in [0.1, 0.15) is 16.7 Å². The van der Waals surface area contributed by atoms with Crippen LogP contribution in [0.4, 0.5) is 32.3 Å². The van der Waals surface area contributed by atoms with Crippen LogP contribution in [0.3, 0.4) is 0 Å². The van der Waals surface area contributed by atoms with E-state index in [-0.39, 0.29) is 6.09 Å². The quantitative estimate of drug-likeness (QED) is 0.250. The Labute approximate surface area is 280 Å². The first-order chi connectivity index (χ1) is 22.1. The summed E-state index contributed by atoms with van der Waals surface area (Å²) in [5.41, 5.74) is 10.5. The molecule has 0 saturated carbocycles. The number of allylic oxidation sites excluding steroid dienone is 1. The van der Waals surface area contributed by atoms with Gasteiger partial charge in [-0.25, -0.2) is 14.6 Å². The monoisotopic (exact) mass is 643 g/mol. The van der Waals surface area contributed by atoms with Gasteiger partial charge in [0.15, 0.2) is 0 Å². The lowest BCUT2D eigenvalue weighted by Gasteiger charge is -2.49. The standard InChI is InChI=1S/C38H53N5O4/c1-10-38-25-32(42(21-17-12-11-16-20-39)35(45)47-37(7,8)9)27(3)23-33(38)40-30-22-26(2)29(41-34(44)46-36(4,5)6)24-31(30)43(38)28-18-14-13-15-19-28/h13-15,18-19,22-25H,10-12,16-17,20-21,39H2,1-9H3,(H,41,44). The van der Waals surface area contributed by atoms with Gasteiger partial charge in [-0.2, -0.15) is 0 Å². The Balaban J connectivity index is 1.87. The predicted octanol–water partition coefficient (Wildman–Crippen LogP) is 9.32. The number of aryl methyl sites for hydroxylation is 1. The molecule has 1 aliphatic heterocycles. The van der Waals surface area contributed by atoms with E-state index in [2.05, 4.69) is 41.4 Å². The number of carbonyl (C=O) groups is 2. The number of carbonyl (C=O) groups excluding carboxylic acids is 2. The SMILES string of the molecule is CCC12C=C(N(CCCCCCN)C(=O)OC(C)(C)C)C(C)=CC1=Nc1cc(C)c(NC(=O)OC(C)(C)C)cc1N2c1ccccc1. The van der Waals surface area contributed by atoms with Crippen LogP contribution in [0.15, 0.2) is 70.9 Å². The zero-order valence-electron chi connectivity index (χ0n) is 29.7. The van der Waals surface area contributed by atoms with Gasteiger partial charge in [-0.1, -0.05) is 38.0 Å². The minimum Gasteiger partial charge on any atom is -0.444 e. The number of para-hydroxylation sites is 1. The molecule has 3 N–H and O–H groups in total. The number of ether oxygens (including phenoxy) is 2. The Morgan fingerprint density at radius 1 is 0.957 bits per heavy atom. The van der Waals surface area contributed by atoms with E-state index >= 15 is 0 Å². The van der Waals surface area contributed by atoms with Gasteiger partial charge in [0, 0.05) is 23.6 Å². The minimum absolute atomic E-state index is 0.371. The van der Waals surface area contributed by atoms with E-state index in [1.807, 2.05) is 85.7 Å². The van der Waals surface area contributed by atoms with E-state index in [0.717, 1.165) is 65.3 Å². The molecule has 0 spiro atoms. The summed E-state index contributed by atoms with van der Waals surface area (Å²) in [4.78, 5) is 36.0. The summed E-state index contributed by atoms with van der Waals surface area (Å²) < 4.78 is 11.5. The second-order valence-corrected chi connectivity index (χ2v) is 14.4. The topological polar surface area (TPSA) is 109 Å². The molecule has 1 atom stereocenters. The Hall–Kier alpha value is -4.11. The molecule has 2 aromatic rings. The van der Waals surface area contributed by atoms with Gasteiger partial charge in [-0.05, 0) is 129 Å². The highest BCUT2D eigenvalue weighted by Gasteiger charge is 2.46. The van der Waals surface area contributed by atoms with E-state index in [4.69, 9.17) is 20.2 Å². The van der Waals surface area contributed by atoms with E-state index in [9.17, 15) is 9.59 Å². The molecule has 1 heterocycles. The third-order valence-electron chi connectivity index (χ3n) is 8.21. The van der Waals surface area contributed by atoms with Gasteiger partial charge in [0.05, 0.1) is 17.1 Å². The van der Waals surface area contributed by atoms with Gasteiger partial charge >= 0.3 is 12.2 Å². The van der Waals surface area contributed by atoms with Crippen molar-refractivity contribution in [1.29, 1.82) is 0 Å². The molecular formula is C38H53N5O4. The molecule has 2 aromatic carbocycles. The summed E-state index contributed by atoms with van der Waals surface area (Å²) in [7, 11) is 0. The molecule has 0 aromatic heterocycles. The van der Waals surface area contributed by atoms with Gasteiger partial charge in [-0.15, -0.1) is 0 Å². The summed E-state index contributed by atoms with van der Waals surface area (Å²) in [6.07, 6.45) is 7.83. The van der Waals surface area contributed by atoms with E-state index in [1.165, 1.54) is 0 Å². The molecule has 47 heavy (non-hydrogen) atoms. The van der Waals surface area contributed by atoms with Crippen molar-refractivity contribution >= 4 is 40.6 Å². The highest BCUT2D eigenvalue weighted by molar-refractivity contribution is 6.14. The molecule has 1 aliphatic carbocycles. The Bertz CT molecular complexity index is 1550. The predicted molar refractivity (Wildman–Crippen MR) is 192 cm³/mol. The Morgan fingerprint density at radius 3 is 2.23 bits per heavy atom. The van der Waals surface area contributed by atoms with Gasteiger partial charge in [0.25, 0.3) is 0 Å². The van der Waals surface area contributed by atoms with Crippen LogP contribution >= 0.6 is 0 Å².